The number of carbonyl (C=O) groups excluding carboxylic acids is 3. The number of benzene rings is 2. The molecule has 0 radical (unpaired) electrons. The van der Waals surface area contributed by atoms with Crippen molar-refractivity contribution in [1.29, 1.82) is 0 Å². The second-order valence-corrected chi connectivity index (χ2v) is 13.7. The number of fused-ring (bicyclic) bond motifs is 2. The largest absolute Gasteiger partial charge is 0.496 e. The number of rotatable bonds is 12. The van der Waals surface area contributed by atoms with Crippen molar-refractivity contribution in [3.05, 3.63) is 95.1 Å². The number of cyclic esters (lactones) is 2. The van der Waals surface area contributed by atoms with E-state index in [0.29, 0.717) is 54.7 Å². The Balaban J connectivity index is 0.000000296. The van der Waals surface area contributed by atoms with E-state index in [1.807, 2.05) is 49.4 Å². The molecular weight excluding hydrogens is 704 g/mol. The van der Waals surface area contributed by atoms with Crippen LogP contribution in [0.3, 0.4) is 0 Å². The quantitative estimate of drug-likeness (QED) is 0.0903. The number of hydrogen-bond donors (Lipinski definition) is 0. The van der Waals surface area contributed by atoms with Crippen LogP contribution in [0.2, 0.25) is 0 Å². The first-order valence-electron chi connectivity index (χ1n) is 19.0. The predicted molar refractivity (Wildman–Crippen MR) is 210 cm³/mol. The molecule has 1 unspecified atom stereocenters. The Hall–Kier alpha value is -4.29. The van der Waals surface area contributed by atoms with Gasteiger partial charge in [-0.15, -0.1) is 0 Å². The highest BCUT2D eigenvalue weighted by Crippen LogP contribution is 2.30. The second kappa shape index (κ2) is 25.0. The molecule has 11 heteroatoms. The summed E-state index contributed by atoms with van der Waals surface area (Å²) in [6.07, 6.45) is 16.8. The molecule has 2 aromatic rings. The molecule has 11 nitrogen and oxygen atoms in total. The van der Waals surface area contributed by atoms with Gasteiger partial charge in [0.25, 0.3) is 0 Å². The number of allylic oxidation sites excluding steroid dienone is 5. The summed E-state index contributed by atoms with van der Waals surface area (Å²) in [5.41, 5.74) is 2.65. The minimum atomic E-state index is -0.569. The van der Waals surface area contributed by atoms with E-state index in [2.05, 4.69) is 32.1 Å². The zero-order valence-corrected chi connectivity index (χ0v) is 33.5. The van der Waals surface area contributed by atoms with E-state index in [4.69, 9.17) is 37.9 Å². The van der Waals surface area contributed by atoms with Crippen molar-refractivity contribution in [2.75, 3.05) is 42.0 Å². The van der Waals surface area contributed by atoms with Crippen LogP contribution in [0, 0.1) is 11.8 Å². The molecule has 6 atom stereocenters. The molecule has 0 saturated heterocycles. The van der Waals surface area contributed by atoms with Crippen molar-refractivity contribution in [1.82, 2.24) is 0 Å². The zero-order valence-electron chi connectivity index (χ0n) is 33.5. The molecule has 0 aliphatic carbocycles. The Labute approximate surface area is 326 Å². The molecule has 2 aromatic carbocycles. The number of esters is 2. The van der Waals surface area contributed by atoms with E-state index >= 15 is 0 Å². The molecule has 2 aliphatic rings. The Morgan fingerprint density at radius 1 is 0.673 bits per heavy atom. The lowest BCUT2D eigenvalue weighted by molar-refractivity contribution is -0.114. The molecule has 55 heavy (non-hydrogen) atoms. The molecule has 2 aliphatic heterocycles. The van der Waals surface area contributed by atoms with Crippen molar-refractivity contribution in [2.45, 2.75) is 96.6 Å². The summed E-state index contributed by atoms with van der Waals surface area (Å²) in [7, 11) is 6.27. The zero-order chi connectivity index (χ0) is 40.0. The predicted octanol–water partition coefficient (Wildman–Crippen LogP) is 8.03. The van der Waals surface area contributed by atoms with Crippen LogP contribution in [0.5, 0.6) is 11.5 Å². The molecule has 0 amide bonds. The summed E-state index contributed by atoms with van der Waals surface area (Å²) >= 11 is 0. The van der Waals surface area contributed by atoms with Gasteiger partial charge in [-0.1, -0.05) is 74.6 Å². The van der Waals surface area contributed by atoms with Gasteiger partial charge in [0.1, 0.15) is 54.7 Å². The summed E-state index contributed by atoms with van der Waals surface area (Å²) in [5.74, 6) is 0.637. The third kappa shape index (κ3) is 14.4. The van der Waals surface area contributed by atoms with E-state index in [0.717, 1.165) is 30.3 Å². The molecule has 0 fully saturated rings. The van der Waals surface area contributed by atoms with Gasteiger partial charge in [0.15, 0.2) is 0 Å². The minimum Gasteiger partial charge on any atom is -0.496 e. The number of aldehydes is 1. The number of hydrogen-bond acceptors (Lipinski definition) is 11. The molecule has 302 valence electrons. The number of methoxy groups -OCH3 is 4. The molecule has 0 bridgehead atoms. The Morgan fingerprint density at radius 3 is 1.53 bits per heavy atom. The van der Waals surface area contributed by atoms with Crippen LogP contribution in [0.25, 0.3) is 0 Å². The Bertz CT molecular complexity index is 1560. The van der Waals surface area contributed by atoms with Crippen molar-refractivity contribution in [3.63, 3.8) is 0 Å². The first-order valence-corrected chi connectivity index (χ1v) is 19.0. The highest BCUT2D eigenvalue weighted by molar-refractivity contribution is 5.95. The van der Waals surface area contributed by atoms with Crippen LogP contribution >= 0.6 is 0 Å². The van der Waals surface area contributed by atoms with Crippen molar-refractivity contribution in [2.24, 2.45) is 11.8 Å². The molecular formula is C44H60O11. The fraction of sp³-hybridized carbons (Fsp3) is 0.523. The standard InChI is InChI=1S/C23H32O5.C21H28O6/c1-5-6-13-19-15-21(27-16-25-3)17(2)10-7-8-11-18-12-9-14-20(26-4)22(18)23(24)28-19;1-15-7-4-5-8-16-9-6-10-18(25-3)20(16)21(23)27-17(11-12-22)13-19(15)26-14-24-2/h5-9,12,14,17,19,21H,10-11,13,15-16H2,1-4H3;4-6,9-10,12,15,17,19H,7-8,11,13-14H2,1-3H3/b6-5+,8-7+;5-4+/t17-,19?,21+;15-,17-,19+/m00/s1. The lowest BCUT2D eigenvalue weighted by atomic mass is 9.93. The summed E-state index contributed by atoms with van der Waals surface area (Å²) in [4.78, 5) is 37.1. The fourth-order valence-electron chi connectivity index (χ4n) is 6.60. The number of carbonyl (C=O) groups is 3. The number of ether oxygens (including phenoxy) is 8. The maximum Gasteiger partial charge on any atom is 0.342 e. The monoisotopic (exact) mass is 764 g/mol. The molecule has 4 rings (SSSR count). The van der Waals surface area contributed by atoms with Crippen molar-refractivity contribution in [3.8, 4) is 11.5 Å². The van der Waals surface area contributed by atoms with Crippen LogP contribution in [0.4, 0.5) is 0 Å². The summed E-state index contributed by atoms with van der Waals surface area (Å²) < 4.78 is 44.3. The maximum absolute atomic E-state index is 13.1. The van der Waals surface area contributed by atoms with Gasteiger partial charge in [0.05, 0.1) is 26.4 Å². The van der Waals surface area contributed by atoms with E-state index < -0.39 is 12.1 Å². The third-order valence-corrected chi connectivity index (χ3v) is 9.70. The van der Waals surface area contributed by atoms with Gasteiger partial charge < -0.3 is 42.7 Å². The molecule has 0 saturated carbocycles. The molecule has 0 spiro atoms. The van der Waals surface area contributed by atoms with Crippen molar-refractivity contribution >= 4 is 18.2 Å². The highest BCUT2D eigenvalue weighted by atomic mass is 16.7. The van der Waals surface area contributed by atoms with Gasteiger partial charge in [-0.25, -0.2) is 9.59 Å². The van der Waals surface area contributed by atoms with Gasteiger partial charge in [-0.3, -0.25) is 0 Å². The normalized spacial score (nSPS) is 24.7. The van der Waals surface area contributed by atoms with Crippen LogP contribution < -0.4 is 9.47 Å². The SMILES string of the molecule is C/C=C/CC1C[C@@H](OCOC)[C@@H](C)C/C=C/Cc2cccc(OC)c2C(=O)O1.COCO[C@@H]1C[C@H](CC=O)OC(=O)c2c(cccc2OC)C/C=C/C[C@@H]1C. The van der Waals surface area contributed by atoms with Crippen LogP contribution in [-0.4, -0.2) is 84.7 Å². The summed E-state index contributed by atoms with van der Waals surface area (Å²) in [5, 5.41) is 0. The van der Waals surface area contributed by atoms with Crippen molar-refractivity contribution < 1.29 is 52.3 Å². The molecule has 0 N–H and O–H groups in total. The Kier molecular flexibility index (Phi) is 20.5. The van der Waals surface area contributed by atoms with E-state index in [1.54, 1.807) is 33.5 Å². The second-order valence-electron chi connectivity index (χ2n) is 13.7. The lowest BCUT2D eigenvalue weighted by Gasteiger charge is -2.28. The molecule has 2 heterocycles. The maximum atomic E-state index is 13.1. The van der Waals surface area contributed by atoms with E-state index in [-0.39, 0.29) is 56.1 Å². The summed E-state index contributed by atoms with van der Waals surface area (Å²) in [6, 6.07) is 11.1. The van der Waals surface area contributed by atoms with Gasteiger partial charge >= 0.3 is 11.9 Å². The Morgan fingerprint density at radius 2 is 1.13 bits per heavy atom. The third-order valence-electron chi connectivity index (χ3n) is 9.70. The first kappa shape index (κ1) is 45.1. The van der Waals surface area contributed by atoms with E-state index in [9.17, 15) is 14.4 Å². The van der Waals surface area contributed by atoms with E-state index in [1.165, 1.54) is 7.11 Å². The molecule has 0 aromatic heterocycles. The van der Waals surface area contributed by atoms with Gasteiger partial charge in [-0.05, 0) is 67.7 Å². The average Bonchev–Trinajstić information content (AvgIpc) is 3.18. The van der Waals surface area contributed by atoms with Gasteiger partial charge in [0, 0.05) is 39.9 Å². The van der Waals surface area contributed by atoms with Crippen LogP contribution in [0.15, 0.2) is 72.9 Å². The topological polar surface area (TPSA) is 125 Å². The lowest BCUT2D eigenvalue weighted by Crippen LogP contribution is -2.31. The van der Waals surface area contributed by atoms with Gasteiger partial charge in [-0.2, -0.15) is 0 Å². The van der Waals surface area contributed by atoms with Gasteiger partial charge in [0.2, 0.25) is 0 Å². The minimum absolute atomic E-state index is 0.0655. The first-order chi connectivity index (χ1) is 26.7. The smallest absolute Gasteiger partial charge is 0.342 e. The van der Waals surface area contributed by atoms with Crippen LogP contribution in [0.1, 0.15) is 91.1 Å². The van der Waals surface area contributed by atoms with Crippen LogP contribution in [-0.2, 0) is 46.1 Å². The summed E-state index contributed by atoms with van der Waals surface area (Å²) in [6.45, 7) is 6.56. The highest BCUT2D eigenvalue weighted by Gasteiger charge is 2.29. The fourth-order valence-corrected chi connectivity index (χ4v) is 6.60. The average molecular weight is 765 g/mol.